The molecule has 2 aliphatic rings. The molecule has 0 unspecified atom stereocenters. The smallest absolute Gasteiger partial charge is 0.273 e. The maximum Gasteiger partial charge on any atom is 0.273 e. The summed E-state index contributed by atoms with van der Waals surface area (Å²) >= 11 is 0. The van der Waals surface area contributed by atoms with E-state index in [9.17, 15) is 9.59 Å². The van der Waals surface area contributed by atoms with Gasteiger partial charge in [-0.1, -0.05) is 31.4 Å². The fraction of sp³-hybridized carbons (Fsp3) is 0.545. The molecule has 1 amide bonds. The number of aromatic nitrogens is 3. The normalized spacial score (nSPS) is 17.1. The standard InChI is InChI=1S/C22H28N4O3/c27-20(23-17-6-2-1-3-7-17)12-11-19-22(28)24-21(26-25-19)16-5-4-8-18(13-16)29-14-15-9-10-15/h4-5,8,13,15,17H,1-3,6-7,9-12,14H2,(H,23,27)(H,24,26,28). The molecule has 2 aliphatic carbocycles. The third-order valence-electron chi connectivity index (χ3n) is 5.61. The number of hydrogen-bond acceptors (Lipinski definition) is 5. The van der Waals surface area contributed by atoms with Gasteiger partial charge in [-0.15, -0.1) is 10.2 Å². The van der Waals surface area contributed by atoms with E-state index in [1.165, 1.54) is 32.1 Å². The Balaban J connectivity index is 1.34. The first-order valence-electron chi connectivity index (χ1n) is 10.7. The van der Waals surface area contributed by atoms with E-state index in [0.717, 1.165) is 30.8 Å². The highest BCUT2D eigenvalue weighted by Crippen LogP contribution is 2.30. The van der Waals surface area contributed by atoms with Gasteiger partial charge in [0, 0.05) is 24.4 Å². The van der Waals surface area contributed by atoms with Gasteiger partial charge in [0.1, 0.15) is 11.4 Å². The molecule has 1 heterocycles. The molecule has 0 atom stereocenters. The van der Waals surface area contributed by atoms with Gasteiger partial charge in [-0.3, -0.25) is 9.59 Å². The number of aromatic amines is 1. The van der Waals surface area contributed by atoms with Gasteiger partial charge in [0.15, 0.2) is 5.82 Å². The summed E-state index contributed by atoms with van der Waals surface area (Å²) < 4.78 is 5.79. The lowest BCUT2D eigenvalue weighted by Crippen LogP contribution is -2.36. The lowest BCUT2D eigenvalue weighted by molar-refractivity contribution is -0.122. The molecule has 1 aromatic carbocycles. The third kappa shape index (κ3) is 5.65. The minimum atomic E-state index is -0.301. The van der Waals surface area contributed by atoms with Crippen molar-refractivity contribution in [1.82, 2.24) is 20.5 Å². The van der Waals surface area contributed by atoms with Crippen LogP contribution in [0.25, 0.3) is 11.4 Å². The molecule has 7 heteroatoms. The van der Waals surface area contributed by atoms with E-state index >= 15 is 0 Å². The Labute approximate surface area is 170 Å². The molecule has 2 N–H and O–H groups in total. The van der Waals surface area contributed by atoms with Gasteiger partial charge < -0.3 is 15.0 Å². The van der Waals surface area contributed by atoms with Crippen LogP contribution in [0.5, 0.6) is 5.75 Å². The quantitative estimate of drug-likeness (QED) is 0.715. The molecule has 0 saturated heterocycles. The molecule has 0 aliphatic heterocycles. The average molecular weight is 396 g/mol. The summed E-state index contributed by atoms with van der Waals surface area (Å²) in [6.07, 6.45) is 8.68. The van der Waals surface area contributed by atoms with Gasteiger partial charge in [0.05, 0.1) is 6.61 Å². The van der Waals surface area contributed by atoms with Crippen LogP contribution in [0.1, 0.15) is 57.1 Å². The summed E-state index contributed by atoms with van der Waals surface area (Å²) in [5, 5.41) is 11.3. The van der Waals surface area contributed by atoms with Crippen LogP contribution in [-0.4, -0.2) is 33.7 Å². The Hall–Kier alpha value is -2.70. The van der Waals surface area contributed by atoms with Crippen molar-refractivity contribution in [2.75, 3.05) is 6.61 Å². The number of rotatable bonds is 8. The molecule has 2 saturated carbocycles. The second-order valence-electron chi connectivity index (χ2n) is 8.13. The largest absolute Gasteiger partial charge is 0.493 e. The van der Waals surface area contributed by atoms with E-state index in [1.807, 2.05) is 24.3 Å². The number of amides is 1. The number of nitrogens with one attached hydrogen (secondary N) is 2. The fourth-order valence-corrected chi connectivity index (χ4v) is 3.66. The van der Waals surface area contributed by atoms with Crippen LogP contribution in [0, 0.1) is 5.92 Å². The van der Waals surface area contributed by atoms with E-state index < -0.39 is 0 Å². The number of H-pyrrole nitrogens is 1. The molecule has 4 rings (SSSR count). The molecule has 2 aromatic rings. The van der Waals surface area contributed by atoms with Crippen molar-refractivity contribution >= 4 is 5.91 Å². The van der Waals surface area contributed by atoms with Crippen molar-refractivity contribution in [2.24, 2.45) is 5.92 Å². The summed E-state index contributed by atoms with van der Waals surface area (Å²) in [7, 11) is 0. The molecular formula is C22H28N4O3. The molecule has 154 valence electrons. The molecular weight excluding hydrogens is 368 g/mol. The van der Waals surface area contributed by atoms with Crippen LogP contribution in [0.4, 0.5) is 0 Å². The van der Waals surface area contributed by atoms with Crippen LogP contribution in [0.15, 0.2) is 29.1 Å². The summed E-state index contributed by atoms with van der Waals surface area (Å²) in [5.74, 6) is 1.82. The number of aryl methyl sites for hydroxylation is 1. The minimum absolute atomic E-state index is 0.0253. The Kier molecular flexibility index (Phi) is 6.22. The first kappa shape index (κ1) is 19.6. The SMILES string of the molecule is O=C(CCc1nnc(-c2cccc(OCC3CC3)c2)[nH]c1=O)NC1CCCCC1. The van der Waals surface area contributed by atoms with E-state index in [2.05, 4.69) is 20.5 Å². The number of carbonyl (C=O) groups is 1. The number of carbonyl (C=O) groups excluding carboxylic acids is 1. The molecule has 29 heavy (non-hydrogen) atoms. The van der Waals surface area contributed by atoms with Gasteiger partial charge in [-0.2, -0.15) is 0 Å². The van der Waals surface area contributed by atoms with Crippen LogP contribution in [0.3, 0.4) is 0 Å². The van der Waals surface area contributed by atoms with Crippen molar-refractivity contribution in [2.45, 2.75) is 63.8 Å². The van der Waals surface area contributed by atoms with E-state index in [4.69, 9.17) is 4.74 Å². The second kappa shape index (κ2) is 9.20. The first-order valence-corrected chi connectivity index (χ1v) is 10.7. The highest BCUT2D eigenvalue weighted by atomic mass is 16.5. The summed E-state index contributed by atoms with van der Waals surface area (Å²) in [6, 6.07) is 7.77. The van der Waals surface area contributed by atoms with Crippen molar-refractivity contribution in [1.29, 1.82) is 0 Å². The second-order valence-corrected chi connectivity index (χ2v) is 8.13. The predicted molar refractivity (Wildman–Crippen MR) is 110 cm³/mol. The predicted octanol–water partition coefficient (Wildman–Crippen LogP) is 3.00. The first-order chi connectivity index (χ1) is 14.2. The van der Waals surface area contributed by atoms with Crippen LogP contribution in [-0.2, 0) is 11.2 Å². The van der Waals surface area contributed by atoms with E-state index in [0.29, 0.717) is 11.7 Å². The Bertz CT molecular complexity index is 901. The highest BCUT2D eigenvalue weighted by Gasteiger charge is 2.22. The Morgan fingerprint density at radius 3 is 2.72 bits per heavy atom. The monoisotopic (exact) mass is 396 g/mol. The minimum Gasteiger partial charge on any atom is -0.493 e. The van der Waals surface area contributed by atoms with Crippen molar-refractivity contribution < 1.29 is 9.53 Å². The maximum atomic E-state index is 12.4. The van der Waals surface area contributed by atoms with E-state index in [1.54, 1.807) is 0 Å². The fourth-order valence-electron chi connectivity index (χ4n) is 3.66. The number of hydrogen-bond donors (Lipinski definition) is 2. The number of nitrogens with zero attached hydrogens (tertiary/aromatic N) is 2. The zero-order valence-electron chi connectivity index (χ0n) is 16.7. The van der Waals surface area contributed by atoms with Gasteiger partial charge in [-0.05, 0) is 43.7 Å². The molecule has 0 bridgehead atoms. The van der Waals surface area contributed by atoms with Gasteiger partial charge in [0.2, 0.25) is 5.91 Å². The van der Waals surface area contributed by atoms with Gasteiger partial charge in [-0.25, -0.2) is 0 Å². The maximum absolute atomic E-state index is 12.4. The summed E-state index contributed by atoms with van der Waals surface area (Å²) in [6.45, 7) is 0.730. The van der Waals surface area contributed by atoms with Crippen LogP contribution >= 0.6 is 0 Å². The number of ether oxygens (including phenoxy) is 1. The third-order valence-corrected chi connectivity index (χ3v) is 5.61. The lowest BCUT2D eigenvalue weighted by Gasteiger charge is -2.22. The van der Waals surface area contributed by atoms with Crippen LogP contribution in [0.2, 0.25) is 0 Å². The molecule has 0 spiro atoms. The topological polar surface area (TPSA) is 97.0 Å². The number of benzene rings is 1. The molecule has 7 nitrogen and oxygen atoms in total. The lowest BCUT2D eigenvalue weighted by atomic mass is 9.95. The van der Waals surface area contributed by atoms with Crippen molar-refractivity contribution in [3.63, 3.8) is 0 Å². The Morgan fingerprint density at radius 1 is 1.14 bits per heavy atom. The summed E-state index contributed by atoms with van der Waals surface area (Å²) in [4.78, 5) is 27.3. The van der Waals surface area contributed by atoms with Crippen molar-refractivity contribution in [3.8, 4) is 17.1 Å². The van der Waals surface area contributed by atoms with Gasteiger partial charge in [0.25, 0.3) is 5.56 Å². The molecule has 0 radical (unpaired) electrons. The summed E-state index contributed by atoms with van der Waals surface area (Å²) in [5.41, 5.74) is 0.739. The molecule has 2 fully saturated rings. The highest BCUT2D eigenvalue weighted by molar-refractivity contribution is 5.76. The average Bonchev–Trinajstić information content (AvgIpc) is 3.57. The zero-order valence-corrected chi connectivity index (χ0v) is 16.7. The van der Waals surface area contributed by atoms with Crippen molar-refractivity contribution in [3.05, 3.63) is 40.3 Å². The zero-order chi connectivity index (χ0) is 20.1. The van der Waals surface area contributed by atoms with Gasteiger partial charge >= 0.3 is 0 Å². The molecule has 1 aromatic heterocycles. The van der Waals surface area contributed by atoms with E-state index in [-0.39, 0.29) is 36.0 Å². The van der Waals surface area contributed by atoms with Crippen LogP contribution < -0.4 is 15.6 Å². The Morgan fingerprint density at radius 2 is 1.97 bits per heavy atom.